The fourth-order valence-electron chi connectivity index (χ4n) is 1.77. The van der Waals surface area contributed by atoms with E-state index < -0.39 is 11.9 Å². The van der Waals surface area contributed by atoms with Gasteiger partial charge in [0.25, 0.3) is 5.91 Å². The van der Waals surface area contributed by atoms with E-state index in [1.165, 1.54) is 19.4 Å². The molecule has 0 spiro atoms. The number of nitrogens with zero attached hydrogens (tertiary/aromatic N) is 1. The summed E-state index contributed by atoms with van der Waals surface area (Å²) in [7, 11) is 1.54. The van der Waals surface area contributed by atoms with E-state index in [0.29, 0.717) is 23.8 Å². The van der Waals surface area contributed by atoms with Crippen molar-refractivity contribution in [3.05, 3.63) is 48.0 Å². The third kappa shape index (κ3) is 3.68. The molecule has 2 rings (SSSR count). The number of ether oxygens (including phenoxy) is 2. The van der Waals surface area contributed by atoms with Crippen LogP contribution in [-0.4, -0.2) is 24.6 Å². The lowest BCUT2D eigenvalue weighted by Crippen LogP contribution is -2.12. The standard InChI is InChI=1S/C15H15FN2O3/c1-3-21-13-9-11(4-5-12(13)20-2)18-15(19)10-6-7-17-14(16)8-10/h4-9H,3H2,1-2H3,(H,18,19). The minimum absolute atomic E-state index is 0.191. The van der Waals surface area contributed by atoms with Gasteiger partial charge in [-0.05, 0) is 25.1 Å². The van der Waals surface area contributed by atoms with Gasteiger partial charge in [-0.3, -0.25) is 4.79 Å². The van der Waals surface area contributed by atoms with Gasteiger partial charge in [0.1, 0.15) is 0 Å². The van der Waals surface area contributed by atoms with E-state index in [1.54, 1.807) is 18.2 Å². The molecule has 0 aliphatic heterocycles. The Balaban J connectivity index is 2.19. The molecule has 0 radical (unpaired) electrons. The third-order valence-electron chi connectivity index (χ3n) is 2.71. The Hall–Kier alpha value is -2.63. The zero-order chi connectivity index (χ0) is 15.2. The first-order valence-electron chi connectivity index (χ1n) is 6.37. The Morgan fingerprint density at radius 1 is 1.29 bits per heavy atom. The van der Waals surface area contributed by atoms with Crippen molar-refractivity contribution in [2.24, 2.45) is 0 Å². The number of hydrogen-bond acceptors (Lipinski definition) is 4. The van der Waals surface area contributed by atoms with Crippen molar-refractivity contribution in [3.63, 3.8) is 0 Å². The van der Waals surface area contributed by atoms with Gasteiger partial charge < -0.3 is 14.8 Å². The van der Waals surface area contributed by atoms with Crippen LogP contribution in [-0.2, 0) is 0 Å². The van der Waals surface area contributed by atoms with Gasteiger partial charge in [0.05, 0.1) is 13.7 Å². The summed E-state index contributed by atoms with van der Waals surface area (Å²) < 4.78 is 23.6. The van der Waals surface area contributed by atoms with Crippen LogP contribution in [0.3, 0.4) is 0 Å². The molecular weight excluding hydrogens is 275 g/mol. The van der Waals surface area contributed by atoms with Crippen molar-refractivity contribution in [1.29, 1.82) is 0 Å². The van der Waals surface area contributed by atoms with Gasteiger partial charge in [-0.15, -0.1) is 0 Å². The molecule has 0 atom stereocenters. The van der Waals surface area contributed by atoms with Gasteiger partial charge in [0, 0.05) is 29.6 Å². The Labute approximate surface area is 121 Å². The van der Waals surface area contributed by atoms with Gasteiger partial charge in [-0.2, -0.15) is 4.39 Å². The number of carbonyl (C=O) groups excluding carboxylic acids is 1. The monoisotopic (exact) mass is 290 g/mol. The molecule has 2 aromatic rings. The zero-order valence-electron chi connectivity index (χ0n) is 11.7. The van der Waals surface area contributed by atoms with Gasteiger partial charge in [0.15, 0.2) is 11.5 Å². The molecule has 0 bridgehead atoms. The molecule has 0 aliphatic carbocycles. The van der Waals surface area contributed by atoms with Gasteiger partial charge >= 0.3 is 0 Å². The van der Waals surface area contributed by atoms with Crippen LogP contribution in [0.2, 0.25) is 0 Å². The second kappa shape index (κ2) is 6.69. The summed E-state index contributed by atoms with van der Waals surface area (Å²) in [5.74, 6) is -0.0279. The Kier molecular flexibility index (Phi) is 4.71. The number of aromatic nitrogens is 1. The fourth-order valence-corrected chi connectivity index (χ4v) is 1.77. The first-order chi connectivity index (χ1) is 10.1. The highest BCUT2D eigenvalue weighted by Crippen LogP contribution is 2.30. The number of methoxy groups -OCH3 is 1. The molecule has 21 heavy (non-hydrogen) atoms. The minimum atomic E-state index is -0.701. The molecule has 110 valence electrons. The molecule has 1 N–H and O–H groups in total. The summed E-state index contributed by atoms with van der Waals surface area (Å²) >= 11 is 0. The first-order valence-corrected chi connectivity index (χ1v) is 6.37. The topological polar surface area (TPSA) is 60.5 Å². The van der Waals surface area contributed by atoms with Crippen molar-refractivity contribution >= 4 is 11.6 Å². The maximum absolute atomic E-state index is 13.0. The average molecular weight is 290 g/mol. The molecule has 1 heterocycles. The maximum atomic E-state index is 13.0. The summed E-state index contributed by atoms with van der Waals surface area (Å²) in [5, 5.41) is 2.67. The molecule has 1 aromatic heterocycles. The Morgan fingerprint density at radius 3 is 2.76 bits per heavy atom. The molecule has 1 amide bonds. The van der Waals surface area contributed by atoms with Gasteiger partial charge in [-0.25, -0.2) is 4.98 Å². The van der Waals surface area contributed by atoms with Crippen molar-refractivity contribution in [2.45, 2.75) is 6.92 Å². The average Bonchev–Trinajstić information content (AvgIpc) is 2.48. The number of nitrogens with one attached hydrogen (secondary N) is 1. The summed E-state index contributed by atoms with van der Waals surface area (Å²) in [6, 6.07) is 7.52. The molecule has 0 aliphatic rings. The molecule has 0 unspecified atom stereocenters. The lowest BCUT2D eigenvalue weighted by molar-refractivity contribution is 0.102. The number of hydrogen-bond donors (Lipinski definition) is 1. The largest absolute Gasteiger partial charge is 0.493 e. The predicted octanol–water partition coefficient (Wildman–Crippen LogP) is 2.88. The lowest BCUT2D eigenvalue weighted by Gasteiger charge is -2.11. The van der Waals surface area contributed by atoms with Crippen LogP contribution in [0.4, 0.5) is 10.1 Å². The number of rotatable bonds is 5. The fraction of sp³-hybridized carbons (Fsp3) is 0.200. The molecule has 1 aromatic carbocycles. The lowest BCUT2D eigenvalue weighted by atomic mass is 10.2. The summed E-state index contributed by atoms with van der Waals surface area (Å²) in [6.45, 7) is 2.33. The summed E-state index contributed by atoms with van der Waals surface area (Å²) in [5.41, 5.74) is 0.720. The number of amides is 1. The second-order valence-electron chi connectivity index (χ2n) is 4.12. The highest BCUT2D eigenvalue weighted by molar-refractivity contribution is 6.04. The Morgan fingerprint density at radius 2 is 2.10 bits per heavy atom. The predicted molar refractivity (Wildman–Crippen MR) is 76.3 cm³/mol. The first kappa shape index (κ1) is 14.8. The summed E-state index contributed by atoms with van der Waals surface area (Å²) in [6.07, 6.45) is 1.24. The van der Waals surface area contributed by atoms with Crippen LogP contribution in [0.25, 0.3) is 0 Å². The number of pyridine rings is 1. The van der Waals surface area contributed by atoms with Crippen LogP contribution in [0, 0.1) is 5.95 Å². The third-order valence-corrected chi connectivity index (χ3v) is 2.71. The van der Waals surface area contributed by atoms with Crippen molar-refractivity contribution in [3.8, 4) is 11.5 Å². The molecule has 0 saturated carbocycles. The molecule has 6 heteroatoms. The van der Waals surface area contributed by atoms with Crippen molar-refractivity contribution in [1.82, 2.24) is 4.98 Å². The van der Waals surface area contributed by atoms with Crippen molar-refractivity contribution in [2.75, 3.05) is 19.0 Å². The number of benzene rings is 1. The van der Waals surface area contributed by atoms with E-state index in [1.807, 2.05) is 6.92 Å². The molecule has 0 saturated heterocycles. The maximum Gasteiger partial charge on any atom is 0.255 e. The van der Waals surface area contributed by atoms with E-state index in [4.69, 9.17) is 9.47 Å². The van der Waals surface area contributed by atoms with Crippen LogP contribution in [0.5, 0.6) is 11.5 Å². The number of carbonyl (C=O) groups is 1. The van der Waals surface area contributed by atoms with Crippen molar-refractivity contribution < 1.29 is 18.7 Å². The number of anilines is 1. The van der Waals surface area contributed by atoms with E-state index in [0.717, 1.165) is 6.07 Å². The second-order valence-corrected chi connectivity index (χ2v) is 4.12. The number of halogens is 1. The van der Waals surface area contributed by atoms with Gasteiger partial charge in [0.2, 0.25) is 5.95 Å². The van der Waals surface area contributed by atoms with E-state index in [2.05, 4.69) is 10.3 Å². The molecular formula is C15H15FN2O3. The molecule has 0 fully saturated rings. The van der Waals surface area contributed by atoms with Crippen LogP contribution in [0.1, 0.15) is 17.3 Å². The highest BCUT2D eigenvalue weighted by Gasteiger charge is 2.10. The SMILES string of the molecule is CCOc1cc(NC(=O)c2ccnc(F)c2)ccc1OC. The van der Waals surface area contributed by atoms with E-state index in [9.17, 15) is 9.18 Å². The quantitative estimate of drug-likeness (QED) is 0.860. The normalized spacial score (nSPS) is 10.0. The van der Waals surface area contributed by atoms with Gasteiger partial charge in [-0.1, -0.05) is 0 Å². The van der Waals surface area contributed by atoms with E-state index in [-0.39, 0.29) is 5.56 Å². The van der Waals surface area contributed by atoms with Crippen LogP contribution in [0.15, 0.2) is 36.5 Å². The smallest absolute Gasteiger partial charge is 0.255 e. The molecule has 5 nitrogen and oxygen atoms in total. The van der Waals surface area contributed by atoms with Crippen LogP contribution < -0.4 is 14.8 Å². The Bertz CT molecular complexity index is 647. The summed E-state index contributed by atoms with van der Waals surface area (Å²) in [4.78, 5) is 15.4. The minimum Gasteiger partial charge on any atom is -0.493 e. The van der Waals surface area contributed by atoms with E-state index >= 15 is 0 Å². The van der Waals surface area contributed by atoms with Crippen LogP contribution >= 0.6 is 0 Å². The highest BCUT2D eigenvalue weighted by atomic mass is 19.1. The zero-order valence-corrected chi connectivity index (χ0v) is 11.7.